The second kappa shape index (κ2) is 6.19. The molecule has 0 aromatic carbocycles. The fourth-order valence-electron chi connectivity index (χ4n) is 3.57. The summed E-state index contributed by atoms with van der Waals surface area (Å²) in [4.78, 5) is 2.64. The van der Waals surface area contributed by atoms with Gasteiger partial charge in [-0.05, 0) is 44.4 Å². The number of hydrogen-bond donors (Lipinski definition) is 1. The average molecular weight is 240 g/mol. The number of hydrogen-bond acceptors (Lipinski definition) is 2. The van der Waals surface area contributed by atoms with Crippen LogP contribution in [0.5, 0.6) is 0 Å². The summed E-state index contributed by atoms with van der Waals surface area (Å²) >= 11 is 0. The van der Waals surface area contributed by atoms with Gasteiger partial charge < -0.3 is 5.73 Å². The SMILES string of the molecule is CC(C)CN(C(C)C)C1C(C)CC(C)CC1N. The van der Waals surface area contributed by atoms with E-state index in [1.165, 1.54) is 19.4 Å². The first-order chi connectivity index (χ1) is 7.82. The highest BCUT2D eigenvalue weighted by Crippen LogP contribution is 2.32. The Balaban J connectivity index is 2.77. The molecule has 1 saturated carbocycles. The van der Waals surface area contributed by atoms with Gasteiger partial charge in [0.05, 0.1) is 0 Å². The first-order valence-corrected chi connectivity index (χ1v) is 7.34. The van der Waals surface area contributed by atoms with Gasteiger partial charge >= 0.3 is 0 Å². The van der Waals surface area contributed by atoms with Gasteiger partial charge in [0, 0.05) is 24.7 Å². The highest BCUT2D eigenvalue weighted by molar-refractivity contribution is 4.93. The van der Waals surface area contributed by atoms with Crippen LogP contribution in [-0.2, 0) is 0 Å². The van der Waals surface area contributed by atoms with Crippen molar-refractivity contribution >= 4 is 0 Å². The second-order valence-electron chi connectivity index (χ2n) is 6.89. The Morgan fingerprint density at radius 2 is 1.71 bits per heavy atom. The number of rotatable bonds is 4. The third kappa shape index (κ3) is 3.96. The lowest BCUT2D eigenvalue weighted by Gasteiger charge is -2.46. The van der Waals surface area contributed by atoms with Gasteiger partial charge in [0.25, 0.3) is 0 Å². The van der Waals surface area contributed by atoms with E-state index in [1.54, 1.807) is 0 Å². The van der Waals surface area contributed by atoms with Gasteiger partial charge in [-0.25, -0.2) is 0 Å². The first-order valence-electron chi connectivity index (χ1n) is 7.34. The van der Waals surface area contributed by atoms with Crippen LogP contribution in [0.25, 0.3) is 0 Å². The third-order valence-corrected chi connectivity index (χ3v) is 4.09. The molecule has 17 heavy (non-hydrogen) atoms. The molecule has 2 N–H and O–H groups in total. The monoisotopic (exact) mass is 240 g/mol. The molecule has 1 aliphatic carbocycles. The van der Waals surface area contributed by atoms with E-state index < -0.39 is 0 Å². The van der Waals surface area contributed by atoms with Gasteiger partial charge in [-0.15, -0.1) is 0 Å². The lowest BCUT2D eigenvalue weighted by molar-refractivity contribution is 0.0428. The topological polar surface area (TPSA) is 29.3 Å². The average Bonchev–Trinajstić information content (AvgIpc) is 2.13. The summed E-state index contributed by atoms with van der Waals surface area (Å²) in [5.41, 5.74) is 6.43. The molecule has 0 saturated heterocycles. The number of nitrogens with two attached hydrogens (primary N) is 1. The van der Waals surface area contributed by atoms with Crippen molar-refractivity contribution in [3.05, 3.63) is 0 Å². The Morgan fingerprint density at radius 3 is 2.12 bits per heavy atom. The quantitative estimate of drug-likeness (QED) is 0.818. The smallest absolute Gasteiger partial charge is 0.0275 e. The Kier molecular flexibility index (Phi) is 5.46. The Bertz CT molecular complexity index is 213. The zero-order chi connectivity index (χ0) is 13.2. The maximum Gasteiger partial charge on any atom is 0.0275 e. The van der Waals surface area contributed by atoms with Crippen molar-refractivity contribution in [3.8, 4) is 0 Å². The zero-order valence-corrected chi connectivity index (χ0v) is 12.6. The first kappa shape index (κ1) is 15.0. The molecular formula is C15H32N2. The van der Waals surface area contributed by atoms with E-state index in [0.717, 1.165) is 17.8 Å². The van der Waals surface area contributed by atoms with E-state index >= 15 is 0 Å². The van der Waals surface area contributed by atoms with Crippen molar-refractivity contribution in [2.24, 2.45) is 23.5 Å². The van der Waals surface area contributed by atoms with E-state index in [4.69, 9.17) is 5.73 Å². The maximum absolute atomic E-state index is 6.43. The van der Waals surface area contributed by atoms with Crippen molar-refractivity contribution < 1.29 is 0 Å². The summed E-state index contributed by atoms with van der Waals surface area (Å²) < 4.78 is 0. The van der Waals surface area contributed by atoms with E-state index in [2.05, 4.69) is 46.4 Å². The van der Waals surface area contributed by atoms with E-state index in [0.29, 0.717) is 18.1 Å². The molecule has 0 bridgehead atoms. The summed E-state index contributed by atoms with van der Waals surface area (Å²) in [5.74, 6) is 2.25. The molecule has 0 aliphatic heterocycles. The van der Waals surface area contributed by atoms with E-state index in [-0.39, 0.29) is 0 Å². The Hall–Kier alpha value is -0.0800. The van der Waals surface area contributed by atoms with Gasteiger partial charge in [-0.1, -0.05) is 27.7 Å². The molecular weight excluding hydrogens is 208 g/mol. The van der Waals surface area contributed by atoms with Crippen molar-refractivity contribution in [3.63, 3.8) is 0 Å². The van der Waals surface area contributed by atoms with E-state index in [1.807, 2.05) is 0 Å². The highest BCUT2D eigenvalue weighted by atomic mass is 15.2. The van der Waals surface area contributed by atoms with Crippen molar-refractivity contribution in [1.29, 1.82) is 0 Å². The van der Waals surface area contributed by atoms with Crippen LogP contribution >= 0.6 is 0 Å². The lowest BCUT2D eigenvalue weighted by atomic mass is 9.75. The molecule has 0 amide bonds. The summed E-state index contributed by atoms with van der Waals surface area (Å²) in [6, 6.07) is 1.54. The molecule has 1 rings (SSSR count). The zero-order valence-electron chi connectivity index (χ0n) is 12.6. The molecule has 102 valence electrons. The molecule has 0 aromatic rings. The molecule has 2 nitrogen and oxygen atoms in total. The molecule has 4 unspecified atom stereocenters. The van der Waals surface area contributed by atoms with Crippen molar-refractivity contribution in [1.82, 2.24) is 4.90 Å². The summed E-state index contributed by atoms with van der Waals surface area (Å²) in [5, 5.41) is 0. The molecule has 0 aromatic heterocycles. The minimum absolute atomic E-state index is 0.356. The molecule has 1 aliphatic rings. The van der Waals surface area contributed by atoms with Crippen LogP contribution in [0.1, 0.15) is 54.4 Å². The van der Waals surface area contributed by atoms with Gasteiger partial charge in [0.15, 0.2) is 0 Å². The van der Waals surface area contributed by atoms with Crippen LogP contribution < -0.4 is 5.73 Å². The number of nitrogens with zero attached hydrogens (tertiary/aromatic N) is 1. The van der Waals surface area contributed by atoms with Crippen LogP contribution in [-0.4, -0.2) is 29.6 Å². The standard InChI is InChI=1S/C15H32N2/c1-10(2)9-17(11(3)4)15-13(6)7-12(5)8-14(15)16/h10-15H,7-9,16H2,1-6H3. The van der Waals surface area contributed by atoms with E-state index in [9.17, 15) is 0 Å². The Morgan fingerprint density at radius 1 is 1.12 bits per heavy atom. The minimum atomic E-state index is 0.356. The minimum Gasteiger partial charge on any atom is -0.326 e. The second-order valence-corrected chi connectivity index (χ2v) is 6.89. The van der Waals surface area contributed by atoms with Gasteiger partial charge in [-0.2, -0.15) is 0 Å². The van der Waals surface area contributed by atoms with Gasteiger partial charge in [-0.3, -0.25) is 4.90 Å². The predicted molar refractivity (Wildman–Crippen MR) is 76.0 cm³/mol. The molecule has 0 spiro atoms. The summed E-state index contributed by atoms with van der Waals surface area (Å²) in [6.07, 6.45) is 2.52. The molecule has 0 heterocycles. The molecule has 2 heteroatoms. The fourth-order valence-corrected chi connectivity index (χ4v) is 3.57. The summed E-state index contributed by atoms with van der Waals surface area (Å²) in [6.45, 7) is 15.1. The normalized spacial score (nSPS) is 34.9. The predicted octanol–water partition coefficient (Wildman–Crippen LogP) is 3.11. The van der Waals surface area contributed by atoms with Crippen molar-refractivity contribution in [2.45, 2.75) is 72.5 Å². The lowest BCUT2D eigenvalue weighted by Crippen LogP contribution is -2.57. The largest absolute Gasteiger partial charge is 0.326 e. The van der Waals surface area contributed by atoms with Crippen LogP contribution in [0, 0.1) is 17.8 Å². The van der Waals surface area contributed by atoms with Gasteiger partial charge in [0.1, 0.15) is 0 Å². The molecule has 0 radical (unpaired) electrons. The highest BCUT2D eigenvalue weighted by Gasteiger charge is 2.36. The van der Waals surface area contributed by atoms with Crippen LogP contribution in [0.2, 0.25) is 0 Å². The maximum atomic E-state index is 6.43. The third-order valence-electron chi connectivity index (χ3n) is 4.09. The van der Waals surface area contributed by atoms with Crippen LogP contribution in [0.3, 0.4) is 0 Å². The van der Waals surface area contributed by atoms with Gasteiger partial charge in [0.2, 0.25) is 0 Å². The summed E-state index contributed by atoms with van der Waals surface area (Å²) in [7, 11) is 0. The molecule has 4 atom stereocenters. The van der Waals surface area contributed by atoms with Crippen LogP contribution in [0.4, 0.5) is 0 Å². The molecule has 1 fully saturated rings. The van der Waals surface area contributed by atoms with Crippen LogP contribution in [0.15, 0.2) is 0 Å². The van der Waals surface area contributed by atoms with Crippen molar-refractivity contribution in [2.75, 3.05) is 6.54 Å². The Labute approximate surface area is 108 Å². The fraction of sp³-hybridized carbons (Fsp3) is 1.00.